The van der Waals surface area contributed by atoms with E-state index in [0.717, 1.165) is 37.2 Å². The molecule has 1 unspecified atom stereocenters. The van der Waals surface area contributed by atoms with Crippen LogP contribution in [0.2, 0.25) is 0 Å². The predicted octanol–water partition coefficient (Wildman–Crippen LogP) is 3.64. The van der Waals surface area contributed by atoms with Crippen molar-refractivity contribution in [2.45, 2.75) is 37.2 Å². The van der Waals surface area contributed by atoms with Crippen molar-refractivity contribution in [3.8, 4) is 5.75 Å². The molecule has 1 atom stereocenters. The third kappa shape index (κ3) is 5.93. The van der Waals surface area contributed by atoms with Crippen molar-refractivity contribution in [3.05, 3.63) is 83.3 Å². The van der Waals surface area contributed by atoms with E-state index in [1.807, 2.05) is 24.3 Å². The maximum Gasteiger partial charge on any atom is 0.251 e. The molecule has 0 saturated carbocycles. The topological polar surface area (TPSA) is 101 Å². The summed E-state index contributed by atoms with van der Waals surface area (Å²) in [5.74, 6) is 0.971. The second kappa shape index (κ2) is 11.1. The van der Waals surface area contributed by atoms with Crippen LogP contribution in [0.25, 0.3) is 0 Å². The summed E-state index contributed by atoms with van der Waals surface area (Å²) >= 11 is 0. The van der Waals surface area contributed by atoms with Gasteiger partial charge in [-0.15, -0.1) is 0 Å². The van der Waals surface area contributed by atoms with Crippen molar-refractivity contribution in [1.82, 2.24) is 14.9 Å². The molecule has 0 aliphatic carbocycles. The molecule has 1 fully saturated rings. The van der Waals surface area contributed by atoms with Crippen LogP contribution in [0, 0.1) is 6.92 Å². The normalized spacial score (nSPS) is 15.1. The van der Waals surface area contributed by atoms with E-state index in [1.54, 1.807) is 32.2 Å². The molecule has 4 rings (SSSR count). The summed E-state index contributed by atoms with van der Waals surface area (Å²) in [4.78, 5) is 15.6. The molecule has 8 nitrogen and oxygen atoms in total. The molecular formula is C26H31N3O5S. The maximum absolute atomic E-state index is 13.2. The minimum atomic E-state index is -3.82. The number of aryl methyl sites for hydroxylation is 1. The van der Waals surface area contributed by atoms with Crippen LogP contribution in [0.3, 0.4) is 0 Å². The molecule has 0 bridgehead atoms. The van der Waals surface area contributed by atoms with Crippen molar-refractivity contribution in [3.63, 3.8) is 0 Å². The molecule has 1 saturated heterocycles. The molecule has 0 radical (unpaired) electrons. The smallest absolute Gasteiger partial charge is 0.251 e. The van der Waals surface area contributed by atoms with E-state index in [2.05, 4.69) is 14.9 Å². The zero-order valence-corrected chi connectivity index (χ0v) is 20.8. The summed E-state index contributed by atoms with van der Waals surface area (Å²) in [5, 5.41) is 3.03. The van der Waals surface area contributed by atoms with Gasteiger partial charge < -0.3 is 14.5 Å². The van der Waals surface area contributed by atoms with E-state index in [0.29, 0.717) is 23.4 Å². The van der Waals surface area contributed by atoms with Gasteiger partial charge in [-0.2, -0.15) is 0 Å². The zero-order valence-electron chi connectivity index (χ0n) is 20.0. The number of carbonyl (C=O) groups excluding carboxylic acids is 1. The molecule has 186 valence electrons. The molecule has 0 spiro atoms. The Kier molecular flexibility index (Phi) is 7.90. The minimum absolute atomic E-state index is 0.0284. The van der Waals surface area contributed by atoms with Crippen molar-refractivity contribution < 1.29 is 22.4 Å². The molecule has 2 heterocycles. The molecule has 2 aromatic carbocycles. The first-order valence-electron chi connectivity index (χ1n) is 11.7. The highest BCUT2D eigenvalue weighted by Crippen LogP contribution is 2.31. The molecule has 35 heavy (non-hydrogen) atoms. The summed E-state index contributed by atoms with van der Waals surface area (Å²) in [6.07, 6.45) is 3.71. The molecule has 2 N–H and O–H groups in total. The van der Waals surface area contributed by atoms with Gasteiger partial charge >= 0.3 is 0 Å². The molecule has 1 aromatic heterocycles. The van der Waals surface area contributed by atoms with Crippen LogP contribution in [0.5, 0.6) is 5.75 Å². The van der Waals surface area contributed by atoms with Crippen molar-refractivity contribution in [1.29, 1.82) is 0 Å². The highest BCUT2D eigenvalue weighted by molar-refractivity contribution is 7.89. The minimum Gasteiger partial charge on any atom is -0.496 e. The van der Waals surface area contributed by atoms with Crippen molar-refractivity contribution in [2.24, 2.45) is 0 Å². The van der Waals surface area contributed by atoms with Crippen LogP contribution in [-0.2, 0) is 16.6 Å². The largest absolute Gasteiger partial charge is 0.496 e. The number of ether oxygens (including phenoxy) is 1. The van der Waals surface area contributed by atoms with Gasteiger partial charge in [0.2, 0.25) is 10.0 Å². The van der Waals surface area contributed by atoms with Crippen molar-refractivity contribution in [2.75, 3.05) is 26.7 Å². The zero-order chi connectivity index (χ0) is 24.8. The fourth-order valence-electron chi connectivity index (χ4n) is 4.39. The Bertz CT molecular complexity index is 1250. The summed E-state index contributed by atoms with van der Waals surface area (Å²) in [5.41, 5.74) is 2.04. The third-order valence-corrected chi connectivity index (χ3v) is 7.71. The Morgan fingerprint density at radius 2 is 1.89 bits per heavy atom. The molecule has 1 aliphatic heterocycles. The van der Waals surface area contributed by atoms with E-state index in [4.69, 9.17) is 9.15 Å². The highest BCUT2D eigenvalue weighted by Gasteiger charge is 2.27. The number of furan rings is 1. The first-order valence-corrected chi connectivity index (χ1v) is 13.2. The van der Waals surface area contributed by atoms with Crippen LogP contribution in [0.15, 0.2) is 70.2 Å². The lowest BCUT2D eigenvalue weighted by Crippen LogP contribution is -2.37. The summed E-state index contributed by atoms with van der Waals surface area (Å²) < 4.78 is 38.9. The van der Waals surface area contributed by atoms with Crippen molar-refractivity contribution >= 4 is 15.9 Å². The van der Waals surface area contributed by atoms with E-state index in [1.165, 1.54) is 18.4 Å². The van der Waals surface area contributed by atoms with Gasteiger partial charge in [-0.25, -0.2) is 13.1 Å². The third-order valence-electron chi connectivity index (χ3n) is 6.32. The standard InChI is InChI=1S/C26H31N3O5S/c1-19-11-12-21(35(31,32)28-17-20-8-7-15-34-20)16-23(19)26(30)27-18-24(29-13-5-6-14-29)22-9-3-4-10-25(22)33-2/h3-4,7-12,15-16,24,28H,5-6,13-14,17-18H2,1-2H3,(H,27,30). The number of nitrogens with zero attached hydrogens (tertiary/aromatic N) is 1. The number of sulfonamides is 1. The summed E-state index contributed by atoms with van der Waals surface area (Å²) in [7, 11) is -2.17. The van der Waals surface area contributed by atoms with Crippen LogP contribution >= 0.6 is 0 Å². The number of para-hydroxylation sites is 1. The van der Waals surface area contributed by atoms with Crippen LogP contribution in [0.1, 0.15) is 46.1 Å². The molecule has 1 aliphatic rings. The number of rotatable bonds is 10. The van der Waals surface area contributed by atoms with Gasteiger partial charge in [0.1, 0.15) is 11.5 Å². The predicted molar refractivity (Wildman–Crippen MR) is 133 cm³/mol. The highest BCUT2D eigenvalue weighted by atomic mass is 32.2. The van der Waals surface area contributed by atoms with E-state index >= 15 is 0 Å². The summed E-state index contributed by atoms with van der Waals surface area (Å²) in [6.45, 7) is 4.10. The quantitative estimate of drug-likeness (QED) is 0.444. The van der Waals surface area contributed by atoms with E-state index in [-0.39, 0.29) is 23.4 Å². The molecule has 3 aromatic rings. The first-order chi connectivity index (χ1) is 16.9. The van der Waals surface area contributed by atoms with Gasteiger partial charge in [-0.3, -0.25) is 9.69 Å². The number of methoxy groups -OCH3 is 1. The number of nitrogens with one attached hydrogen (secondary N) is 2. The van der Waals surface area contributed by atoms with Gasteiger partial charge in [0.15, 0.2) is 0 Å². The summed E-state index contributed by atoms with van der Waals surface area (Å²) in [6, 6.07) is 15.8. The Hall–Kier alpha value is -3.14. The van der Waals surface area contributed by atoms with Gasteiger partial charge in [0.05, 0.1) is 30.9 Å². The van der Waals surface area contributed by atoms with Crippen LogP contribution in [0.4, 0.5) is 0 Å². The van der Waals surface area contributed by atoms with Crippen LogP contribution in [-0.4, -0.2) is 46.0 Å². The second-order valence-corrected chi connectivity index (χ2v) is 10.4. The van der Waals surface area contributed by atoms with Gasteiger partial charge in [0, 0.05) is 17.7 Å². The van der Waals surface area contributed by atoms with Gasteiger partial charge in [-0.1, -0.05) is 24.3 Å². The number of likely N-dealkylation sites (tertiary alicyclic amines) is 1. The number of amides is 1. The lowest BCUT2D eigenvalue weighted by atomic mass is 10.0. The maximum atomic E-state index is 13.2. The number of carbonyl (C=O) groups is 1. The average molecular weight is 498 g/mol. The Morgan fingerprint density at radius 3 is 2.60 bits per heavy atom. The SMILES string of the molecule is COc1ccccc1C(CNC(=O)c1cc(S(=O)(=O)NCc2ccco2)ccc1C)N1CCCC1. The number of benzene rings is 2. The van der Waals surface area contributed by atoms with Crippen LogP contribution < -0.4 is 14.8 Å². The Morgan fingerprint density at radius 1 is 1.11 bits per heavy atom. The average Bonchev–Trinajstić information content (AvgIpc) is 3.58. The van der Waals surface area contributed by atoms with E-state index in [9.17, 15) is 13.2 Å². The molecule has 9 heteroatoms. The second-order valence-electron chi connectivity index (χ2n) is 8.59. The van der Waals surface area contributed by atoms with Gasteiger partial charge in [0.25, 0.3) is 5.91 Å². The number of hydrogen-bond donors (Lipinski definition) is 2. The lowest BCUT2D eigenvalue weighted by molar-refractivity contribution is 0.0936. The monoisotopic (exact) mass is 497 g/mol. The lowest BCUT2D eigenvalue weighted by Gasteiger charge is -2.29. The van der Waals surface area contributed by atoms with Gasteiger partial charge in [-0.05, 0) is 68.8 Å². The Balaban J connectivity index is 1.51. The number of hydrogen-bond acceptors (Lipinski definition) is 6. The fourth-order valence-corrected chi connectivity index (χ4v) is 5.41. The van der Waals surface area contributed by atoms with E-state index < -0.39 is 10.0 Å². The molecular weight excluding hydrogens is 466 g/mol. The molecule has 1 amide bonds. The Labute approximate surface area is 206 Å². The fraction of sp³-hybridized carbons (Fsp3) is 0.346. The first kappa shape index (κ1) is 25.0.